The van der Waals surface area contributed by atoms with Crippen LogP contribution < -0.4 is 0 Å². The maximum absolute atomic E-state index is 4.61. The van der Waals surface area contributed by atoms with Gasteiger partial charge in [-0.1, -0.05) is 48.5 Å². The molecule has 0 saturated carbocycles. The molecule has 0 aliphatic heterocycles. The molecule has 0 spiro atoms. The summed E-state index contributed by atoms with van der Waals surface area (Å²) in [5, 5.41) is 0. The molecule has 0 heterocycles. The van der Waals surface area contributed by atoms with Gasteiger partial charge in [-0.3, -0.25) is 4.99 Å². The Hall–Kier alpha value is -2.44. The first-order valence-corrected chi connectivity index (χ1v) is 7.87. The number of hydrogen-bond acceptors (Lipinski definition) is 2. The Kier molecular flexibility index (Phi) is 5.31. The van der Waals surface area contributed by atoms with Crippen LogP contribution in [0.3, 0.4) is 0 Å². The van der Waals surface area contributed by atoms with E-state index in [9.17, 15) is 0 Å². The highest BCUT2D eigenvalue weighted by Crippen LogP contribution is 2.22. The van der Waals surface area contributed by atoms with Gasteiger partial charge in [-0.25, -0.2) is 4.99 Å². The van der Waals surface area contributed by atoms with Crippen molar-refractivity contribution in [2.45, 2.75) is 40.2 Å². The van der Waals surface area contributed by atoms with Crippen LogP contribution >= 0.6 is 0 Å². The normalized spacial score (nSPS) is 11.3. The van der Waals surface area contributed by atoms with E-state index in [4.69, 9.17) is 0 Å². The van der Waals surface area contributed by atoms with E-state index in [1.54, 1.807) is 0 Å². The molecule has 0 amide bonds. The second kappa shape index (κ2) is 7.21. The molecule has 2 nitrogen and oxygen atoms in total. The molecule has 2 aromatic carbocycles. The van der Waals surface area contributed by atoms with Crippen molar-refractivity contribution in [1.82, 2.24) is 0 Å². The largest absolute Gasteiger partial charge is 0.286 e. The minimum Gasteiger partial charge on any atom is -0.286 e. The van der Waals surface area contributed by atoms with Gasteiger partial charge in [-0.2, -0.15) is 0 Å². The third-order valence-electron chi connectivity index (χ3n) is 3.39. The van der Waals surface area contributed by atoms with Crippen LogP contribution in [0.1, 0.15) is 37.5 Å². The van der Waals surface area contributed by atoms with Gasteiger partial charge < -0.3 is 0 Å². The van der Waals surface area contributed by atoms with Gasteiger partial charge in [0, 0.05) is 6.21 Å². The van der Waals surface area contributed by atoms with Crippen molar-refractivity contribution in [2.75, 3.05) is 0 Å². The number of para-hydroxylation sites is 1. The highest BCUT2D eigenvalue weighted by molar-refractivity contribution is 6.21. The second-order valence-electron chi connectivity index (χ2n) is 6.67. The van der Waals surface area contributed by atoms with E-state index in [2.05, 4.69) is 74.7 Å². The number of rotatable bonds is 3. The van der Waals surface area contributed by atoms with Gasteiger partial charge in [0.1, 0.15) is 0 Å². The van der Waals surface area contributed by atoms with E-state index in [1.807, 2.05) is 30.5 Å². The van der Waals surface area contributed by atoms with Crippen LogP contribution in [0.15, 0.2) is 58.5 Å². The zero-order valence-corrected chi connectivity index (χ0v) is 14.6. The Labute approximate surface area is 139 Å². The summed E-state index contributed by atoms with van der Waals surface area (Å²) in [6, 6.07) is 16.3. The molecule has 0 radical (unpaired) electrons. The van der Waals surface area contributed by atoms with E-state index in [1.165, 1.54) is 0 Å². The van der Waals surface area contributed by atoms with Crippen LogP contribution in [0.25, 0.3) is 5.57 Å². The van der Waals surface area contributed by atoms with Gasteiger partial charge in [0.15, 0.2) is 0 Å². The van der Waals surface area contributed by atoms with Gasteiger partial charge in [0.25, 0.3) is 0 Å². The van der Waals surface area contributed by atoms with Crippen molar-refractivity contribution >= 4 is 23.3 Å². The van der Waals surface area contributed by atoms with E-state index in [0.29, 0.717) is 0 Å². The van der Waals surface area contributed by atoms with E-state index >= 15 is 0 Å². The van der Waals surface area contributed by atoms with Crippen LogP contribution in [-0.4, -0.2) is 17.6 Å². The van der Waals surface area contributed by atoms with Crippen molar-refractivity contribution in [2.24, 2.45) is 9.98 Å². The molecule has 0 unspecified atom stereocenters. The molecule has 0 N–H and O–H groups in total. The lowest BCUT2D eigenvalue weighted by Gasteiger charge is -2.11. The first kappa shape index (κ1) is 16.9. The highest BCUT2D eigenvalue weighted by Gasteiger charge is 2.06. The lowest BCUT2D eigenvalue weighted by molar-refractivity contribution is 0.587. The molecule has 2 heteroatoms. The molecule has 0 aliphatic rings. The summed E-state index contributed by atoms with van der Waals surface area (Å²) in [6.45, 7) is 10.4. The minimum atomic E-state index is -0.125. The van der Waals surface area contributed by atoms with Gasteiger partial charge in [0.2, 0.25) is 0 Å². The predicted molar refractivity (Wildman–Crippen MR) is 101 cm³/mol. The Morgan fingerprint density at radius 3 is 2.09 bits per heavy atom. The maximum atomic E-state index is 4.61. The number of hydrogen-bond donors (Lipinski definition) is 0. The summed E-state index contributed by atoms with van der Waals surface area (Å²) in [6.07, 6.45) is 1.87. The summed E-state index contributed by atoms with van der Waals surface area (Å²) in [5.41, 5.74) is 5.11. The Bertz CT molecular complexity index is 736. The third-order valence-corrected chi connectivity index (χ3v) is 3.39. The Balaban J connectivity index is 2.53. The first-order valence-electron chi connectivity index (χ1n) is 7.87. The lowest BCUT2D eigenvalue weighted by atomic mass is 10.1. The Morgan fingerprint density at radius 2 is 1.52 bits per heavy atom. The maximum Gasteiger partial charge on any atom is 0.0788 e. The highest BCUT2D eigenvalue weighted by atomic mass is 14.8. The van der Waals surface area contributed by atoms with E-state index < -0.39 is 0 Å². The SMILES string of the molecule is Cc1cccc(C)c1N=C=C(C=NC(C)(C)C)c1ccccc1. The predicted octanol–water partition coefficient (Wildman–Crippen LogP) is 5.56. The summed E-state index contributed by atoms with van der Waals surface area (Å²) in [4.78, 5) is 9.21. The third kappa shape index (κ3) is 5.05. The molecule has 2 rings (SSSR count). The topological polar surface area (TPSA) is 24.7 Å². The van der Waals surface area contributed by atoms with Crippen LogP contribution in [-0.2, 0) is 0 Å². The fourth-order valence-corrected chi connectivity index (χ4v) is 2.14. The van der Waals surface area contributed by atoms with Gasteiger partial charge >= 0.3 is 0 Å². The fourth-order valence-electron chi connectivity index (χ4n) is 2.14. The molecule has 2 aromatic rings. The molecule has 0 bridgehead atoms. The zero-order chi connectivity index (χ0) is 16.9. The number of nitrogens with zero attached hydrogens (tertiary/aromatic N) is 2. The standard InChI is InChI=1S/C21H24N2/c1-16-10-9-11-17(2)20(16)22-14-19(15-23-21(3,4)5)18-12-7-6-8-13-18/h6-13,15H,1-5H3. The van der Waals surface area contributed by atoms with Crippen molar-refractivity contribution in [3.05, 3.63) is 65.2 Å². The van der Waals surface area contributed by atoms with Crippen molar-refractivity contribution < 1.29 is 0 Å². The van der Waals surface area contributed by atoms with E-state index in [0.717, 1.165) is 28.0 Å². The molecular weight excluding hydrogens is 280 g/mol. The van der Waals surface area contributed by atoms with Gasteiger partial charge in [-0.15, -0.1) is 0 Å². The van der Waals surface area contributed by atoms with Gasteiger partial charge in [-0.05, 0) is 57.2 Å². The smallest absolute Gasteiger partial charge is 0.0788 e. The summed E-state index contributed by atoms with van der Waals surface area (Å²) in [7, 11) is 0. The monoisotopic (exact) mass is 304 g/mol. The number of aryl methyl sites for hydroxylation is 2. The van der Waals surface area contributed by atoms with Crippen molar-refractivity contribution in [1.29, 1.82) is 0 Å². The average molecular weight is 304 g/mol. The molecule has 0 aliphatic carbocycles. The van der Waals surface area contributed by atoms with Crippen LogP contribution in [0.2, 0.25) is 0 Å². The molecule has 0 saturated heterocycles. The number of aliphatic imine (C=N–C) groups is 2. The molecule has 0 aromatic heterocycles. The first-order chi connectivity index (χ1) is 10.9. The van der Waals surface area contributed by atoms with Crippen molar-refractivity contribution in [3.63, 3.8) is 0 Å². The second-order valence-corrected chi connectivity index (χ2v) is 6.67. The molecule has 23 heavy (non-hydrogen) atoms. The quantitative estimate of drug-likeness (QED) is 0.663. The minimum absolute atomic E-state index is 0.125. The van der Waals surface area contributed by atoms with Gasteiger partial charge in [0.05, 0.1) is 16.8 Å². The molecule has 0 fully saturated rings. The summed E-state index contributed by atoms with van der Waals surface area (Å²) < 4.78 is 0. The van der Waals surface area contributed by atoms with Crippen LogP contribution in [0.4, 0.5) is 5.69 Å². The zero-order valence-electron chi connectivity index (χ0n) is 14.6. The number of allylic oxidation sites excluding steroid dienone is 1. The van der Waals surface area contributed by atoms with Crippen LogP contribution in [0, 0.1) is 13.8 Å². The fraction of sp³-hybridized carbons (Fsp3) is 0.286. The molecular formula is C21H24N2. The number of benzene rings is 2. The Morgan fingerprint density at radius 1 is 0.913 bits per heavy atom. The molecule has 0 atom stereocenters. The van der Waals surface area contributed by atoms with Crippen LogP contribution in [0.5, 0.6) is 0 Å². The van der Waals surface area contributed by atoms with E-state index in [-0.39, 0.29) is 5.54 Å². The lowest BCUT2D eigenvalue weighted by Crippen LogP contribution is -2.09. The summed E-state index contributed by atoms with van der Waals surface area (Å²) >= 11 is 0. The van der Waals surface area contributed by atoms with Crippen molar-refractivity contribution in [3.8, 4) is 0 Å². The average Bonchev–Trinajstić information content (AvgIpc) is 2.49. The molecule has 118 valence electrons. The summed E-state index contributed by atoms with van der Waals surface area (Å²) in [5.74, 6) is 3.20.